The first-order valence-electron chi connectivity index (χ1n) is 10.5. The van der Waals surface area contributed by atoms with Gasteiger partial charge in [-0.05, 0) is 43.6 Å². The number of hydrogen-bond donors (Lipinski definition) is 0. The van der Waals surface area contributed by atoms with Crippen LogP contribution in [0.15, 0.2) is 36.5 Å². The number of aryl methyl sites for hydroxylation is 1. The molecule has 2 aliphatic rings. The van der Waals surface area contributed by atoms with Crippen molar-refractivity contribution in [2.24, 2.45) is 11.8 Å². The normalized spacial score (nSPS) is 20.5. The van der Waals surface area contributed by atoms with Crippen molar-refractivity contribution < 1.29 is 4.79 Å². The molecule has 1 amide bonds. The van der Waals surface area contributed by atoms with Gasteiger partial charge in [0.05, 0.1) is 0 Å². The van der Waals surface area contributed by atoms with Gasteiger partial charge >= 0.3 is 0 Å². The summed E-state index contributed by atoms with van der Waals surface area (Å²) in [5.41, 5.74) is 2.51. The van der Waals surface area contributed by atoms with Crippen LogP contribution in [-0.4, -0.2) is 33.4 Å². The minimum Gasteiger partial charge on any atom is -0.342 e. The van der Waals surface area contributed by atoms with Crippen LogP contribution in [0.3, 0.4) is 0 Å². The molecular formula is C23H31N3O. The van der Waals surface area contributed by atoms with Crippen LogP contribution in [0.25, 0.3) is 0 Å². The fourth-order valence-corrected chi connectivity index (χ4v) is 4.73. The number of amides is 1. The number of aromatic nitrogens is 2. The average Bonchev–Trinajstić information content (AvgIpc) is 3.41. The Morgan fingerprint density at radius 3 is 2.67 bits per heavy atom. The third kappa shape index (κ3) is 4.42. The van der Waals surface area contributed by atoms with E-state index in [1.807, 2.05) is 6.20 Å². The second-order valence-corrected chi connectivity index (χ2v) is 8.44. The van der Waals surface area contributed by atoms with Crippen molar-refractivity contribution in [3.8, 4) is 0 Å². The smallest absolute Gasteiger partial charge is 0.222 e. The van der Waals surface area contributed by atoms with E-state index in [1.165, 1.54) is 36.9 Å². The van der Waals surface area contributed by atoms with Crippen LogP contribution in [0.2, 0.25) is 0 Å². The van der Waals surface area contributed by atoms with E-state index in [2.05, 4.69) is 51.7 Å². The number of carbonyl (C=O) groups is 1. The molecule has 1 aromatic carbocycles. The summed E-state index contributed by atoms with van der Waals surface area (Å²) < 4.78 is 2.33. The number of benzene rings is 1. The summed E-state index contributed by atoms with van der Waals surface area (Å²) in [6.07, 6.45) is 9.94. The highest BCUT2D eigenvalue weighted by Gasteiger charge is 2.29. The van der Waals surface area contributed by atoms with E-state index >= 15 is 0 Å². The lowest BCUT2D eigenvalue weighted by atomic mass is 10.0. The van der Waals surface area contributed by atoms with E-state index in [0.29, 0.717) is 17.7 Å². The molecule has 27 heavy (non-hydrogen) atoms. The van der Waals surface area contributed by atoms with Gasteiger partial charge < -0.3 is 9.47 Å². The first-order chi connectivity index (χ1) is 13.2. The highest BCUT2D eigenvalue weighted by molar-refractivity contribution is 5.76. The van der Waals surface area contributed by atoms with Gasteiger partial charge in [0.15, 0.2) is 0 Å². The summed E-state index contributed by atoms with van der Waals surface area (Å²) in [6.45, 7) is 4.84. The van der Waals surface area contributed by atoms with Crippen molar-refractivity contribution >= 4 is 5.91 Å². The van der Waals surface area contributed by atoms with Gasteiger partial charge in [0, 0.05) is 44.4 Å². The number of rotatable bonds is 6. The fraction of sp³-hybridized carbons (Fsp3) is 0.565. The Morgan fingerprint density at radius 2 is 1.89 bits per heavy atom. The SMILES string of the molecule is Cc1cnc(CC2CCN(C(=O)CC3CCCC3)C2)n1Cc1ccccc1. The van der Waals surface area contributed by atoms with Gasteiger partial charge in [-0.15, -0.1) is 0 Å². The highest BCUT2D eigenvalue weighted by atomic mass is 16.2. The molecule has 2 aromatic rings. The zero-order chi connectivity index (χ0) is 18.6. The molecular weight excluding hydrogens is 334 g/mol. The number of imidazole rings is 1. The molecule has 1 atom stereocenters. The molecule has 1 aliphatic heterocycles. The zero-order valence-corrected chi connectivity index (χ0v) is 16.4. The van der Waals surface area contributed by atoms with Crippen molar-refractivity contribution in [2.45, 2.75) is 58.4 Å². The van der Waals surface area contributed by atoms with Crippen molar-refractivity contribution in [3.63, 3.8) is 0 Å². The van der Waals surface area contributed by atoms with Crippen LogP contribution in [-0.2, 0) is 17.8 Å². The molecule has 0 radical (unpaired) electrons. The maximum absolute atomic E-state index is 12.6. The van der Waals surface area contributed by atoms with E-state index in [9.17, 15) is 4.79 Å². The van der Waals surface area contributed by atoms with Crippen LogP contribution in [0.4, 0.5) is 0 Å². The van der Waals surface area contributed by atoms with Gasteiger partial charge in [-0.2, -0.15) is 0 Å². The van der Waals surface area contributed by atoms with Gasteiger partial charge in [-0.25, -0.2) is 4.98 Å². The van der Waals surface area contributed by atoms with Crippen molar-refractivity contribution in [1.29, 1.82) is 0 Å². The number of hydrogen-bond acceptors (Lipinski definition) is 2. The molecule has 2 heterocycles. The monoisotopic (exact) mass is 365 g/mol. The summed E-state index contributed by atoms with van der Waals surface area (Å²) in [5.74, 6) is 2.72. The Hall–Kier alpha value is -2.10. The highest BCUT2D eigenvalue weighted by Crippen LogP contribution is 2.29. The summed E-state index contributed by atoms with van der Waals surface area (Å²) in [6, 6.07) is 10.6. The molecule has 1 aromatic heterocycles. The van der Waals surface area contributed by atoms with Crippen LogP contribution in [0.1, 0.15) is 55.6 Å². The number of carbonyl (C=O) groups excluding carboxylic acids is 1. The summed E-state index contributed by atoms with van der Waals surface area (Å²) in [5, 5.41) is 0. The minimum atomic E-state index is 0.383. The second-order valence-electron chi connectivity index (χ2n) is 8.44. The molecule has 0 spiro atoms. The molecule has 4 heteroatoms. The summed E-state index contributed by atoms with van der Waals surface area (Å²) in [7, 11) is 0. The van der Waals surface area contributed by atoms with Crippen molar-refractivity contribution in [2.75, 3.05) is 13.1 Å². The second kappa shape index (κ2) is 8.28. The Morgan fingerprint density at radius 1 is 1.11 bits per heavy atom. The average molecular weight is 366 g/mol. The van der Waals surface area contributed by atoms with E-state index in [4.69, 9.17) is 0 Å². The Kier molecular flexibility index (Phi) is 5.61. The first-order valence-corrected chi connectivity index (χ1v) is 10.5. The Labute approximate surface area is 162 Å². The molecule has 1 aliphatic carbocycles. The lowest BCUT2D eigenvalue weighted by molar-refractivity contribution is -0.131. The van der Waals surface area contributed by atoms with Crippen molar-refractivity contribution in [1.82, 2.24) is 14.5 Å². The third-order valence-corrected chi connectivity index (χ3v) is 6.37. The van der Waals surface area contributed by atoms with Crippen molar-refractivity contribution in [3.05, 3.63) is 53.6 Å². The lowest BCUT2D eigenvalue weighted by Gasteiger charge is -2.19. The predicted octanol–water partition coefficient (Wildman–Crippen LogP) is 4.21. The number of nitrogens with zero attached hydrogens (tertiary/aromatic N) is 3. The van der Waals surface area contributed by atoms with Gasteiger partial charge in [0.25, 0.3) is 0 Å². The molecule has 2 fully saturated rings. The van der Waals surface area contributed by atoms with E-state index in [-0.39, 0.29) is 0 Å². The van der Waals surface area contributed by atoms with Gasteiger partial charge in [0.1, 0.15) is 5.82 Å². The molecule has 1 unspecified atom stereocenters. The quantitative estimate of drug-likeness (QED) is 0.769. The number of likely N-dealkylation sites (tertiary alicyclic amines) is 1. The Balaban J connectivity index is 1.35. The van der Waals surface area contributed by atoms with Crippen LogP contribution < -0.4 is 0 Å². The van der Waals surface area contributed by atoms with E-state index < -0.39 is 0 Å². The van der Waals surface area contributed by atoms with Gasteiger partial charge in [-0.3, -0.25) is 4.79 Å². The standard InChI is InChI=1S/C23H31N3O/c1-18-15-24-22(26(18)17-20-9-3-2-4-10-20)13-21-11-12-25(16-21)23(27)14-19-7-5-6-8-19/h2-4,9-10,15,19,21H,5-8,11-14,16-17H2,1H3. The van der Waals surface area contributed by atoms with E-state index in [0.717, 1.165) is 44.7 Å². The molecule has 1 saturated carbocycles. The third-order valence-electron chi connectivity index (χ3n) is 6.37. The minimum absolute atomic E-state index is 0.383. The molecule has 4 rings (SSSR count). The zero-order valence-electron chi connectivity index (χ0n) is 16.4. The fourth-order valence-electron chi connectivity index (χ4n) is 4.73. The van der Waals surface area contributed by atoms with Gasteiger partial charge in [0.2, 0.25) is 5.91 Å². The topological polar surface area (TPSA) is 38.1 Å². The summed E-state index contributed by atoms with van der Waals surface area (Å²) >= 11 is 0. The maximum Gasteiger partial charge on any atom is 0.222 e. The maximum atomic E-state index is 12.6. The predicted molar refractivity (Wildman–Crippen MR) is 107 cm³/mol. The van der Waals surface area contributed by atoms with Gasteiger partial charge in [-0.1, -0.05) is 43.2 Å². The van der Waals surface area contributed by atoms with E-state index in [1.54, 1.807) is 0 Å². The summed E-state index contributed by atoms with van der Waals surface area (Å²) in [4.78, 5) is 19.4. The van der Waals surface area contributed by atoms with Crippen LogP contribution >= 0.6 is 0 Å². The first kappa shape index (κ1) is 18.3. The molecule has 0 N–H and O–H groups in total. The lowest BCUT2D eigenvalue weighted by Crippen LogP contribution is -2.30. The van der Waals surface area contributed by atoms with Crippen LogP contribution in [0, 0.1) is 18.8 Å². The van der Waals surface area contributed by atoms with Crippen LogP contribution in [0.5, 0.6) is 0 Å². The molecule has 144 valence electrons. The molecule has 0 bridgehead atoms. The molecule has 1 saturated heterocycles. The largest absolute Gasteiger partial charge is 0.342 e. The molecule has 4 nitrogen and oxygen atoms in total. The Bertz CT molecular complexity index is 761.